The molecule has 1 saturated heterocycles. The van der Waals surface area contributed by atoms with E-state index in [0.717, 1.165) is 5.56 Å². The van der Waals surface area contributed by atoms with E-state index in [9.17, 15) is 14.7 Å². The smallest absolute Gasteiger partial charge is 0.296 e. The molecule has 1 aliphatic heterocycles. The van der Waals surface area contributed by atoms with Gasteiger partial charge >= 0.3 is 0 Å². The Morgan fingerprint density at radius 2 is 1.55 bits per heavy atom. The summed E-state index contributed by atoms with van der Waals surface area (Å²) < 4.78 is 16.8. The van der Waals surface area contributed by atoms with Crippen molar-refractivity contribution < 1.29 is 28.6 Å². The molecule has 3 aromatic carbocycles. The molecule has 0 saturated carbocycles. The molecule has 7 heteroatoms. The Labute approximate surface area is 220 Å². The van der Waals surface area contributed by atoms with Gasteiger partial charge in [-0.1, -0.05) is 42.5 Å². The van der Waals surface area contributed by atoms with Gasteiger partial charge in [0.05, 0.1) is 31.0 Å². The number of nitrogens with zero attached hydrogens (tertiary/aromatic N) is 1. The maximum atomic E-state index is 13.2. The average molecular weight is 510 g/mol. The predicted molar refractivity (Wildman–Crippen MR) is 141 cm³/mol. The first-order valence-corrected chi connectivity index (χ1v) is 12.4. The summed E-state index contributed by atoms with van der Waals surface area (Å²) in [5, 5.41) is 11.3. The molecule has 1 unspecified atom stereocenters. The number of amides is 1. The Morgan fingerprint density at radius 3 is 2.21 bits per heavy atom. The van der Waals surface area contributed by atoms with Gasteiger partial charge < -0.3 is 23.9 Å². The van der Waals surface area contributed by atoms with E-state index in [1.54, 1.807) is 60.7 Å². The van der Waals surface area contributed by atoms with Crippen molar-refractivity contribution in [2.45, 2.75) is 26.1 Å². The zero-order valence-corrected chi connectivity index (χ0v) is 20.9. The molecule has 1 amide bonds. The Hall–Kier alpha value is -4.78. The number of rotatable bonds is 9. The van der Waals surface area contributed by atoms with E-state index in [1.165, 1.54) is 11.2 Å². The second-order valence-electron chi connectivity index (χ2n) is 8.81. The average Bonchev–Trinajstić information content (AvgIpc) is 3.55. The van der Waals surface area contributed by atoms with E-state index < -0.39 is 17.7 Å². The van der Waals surface area contributed by atoms with E-state index in [0.29, 0.717) is 41.6 Å². The molecule has 1 N–H and O–H groups in total. The van der Waals surface area contributed by atoms with Gasteiger partial charge in [-0.3, -0.25) is 9.59 Å². The quantitative estimate of drug-likeness (QED) is 0.172. The van der Waals surface area contributed by atoms with E-state index >= 15 is 0 Å². The number of ether oxygens (including phenoxy) is 2. The molecule has 2 heterocycles. The molecular formula is C31H27NO6. The minimum atomic E-state index is -0.810. The lowest BCUT2D eigenvalue weighted by Gasteiger charge is -2.24. The Bertz CT molecular complexity index is 1420. The number of carbonyl (C=O) groups excluding carboxylic acids is 2. The van der Waals surface area contributed by atoms with Crippen LogP contribution in [0.4, 0.5) is 0 Å². The van der Waals surface area contributed by atoms with Crippen LogP contribution in [0.5, 0.6) is 11.5 Å². The highest BCUT2D eigenvalue weighted by Crippen LogP contribution is 2.41. The number of furan rings is 1. The fraction of sp³-hybridized carbons (Fsp3) is 0.161. The van der Waals surface area contributed by atoms with Crippen molar-refractivity contribution in [3.05, 3.63) is 125 Å². The third-order valence-electron chi connectivity index (χ3n) is 6.33. The molecule has 0 aliphatic carbocycles. The number of carbonyl (C=O) groups is 2. The van der Waals surface area contributed by atoms with Crippen molar-refractivity contribution in [2.75, 3.05) is 6.61 Å². The molecule has 38 heavy (non-hydrogen) atoms. The summed E-state index contributed by atoms with van der Waals surface area (Å²) in [4.78, 5) is 27.8. The molecule has 1 aliphatic rings. The van der Waals surface area contributed by atoms with Crippen molar-refractivity contribution in [1.82, 2.24) is 4.90 Å². The molecular weight excluding hydrogens is 482 g/mol. The van der Waals surface area contributed by atoms with Crippen LogP contribution in [0, 0.1) is 0 Å². The van der Waals surface area contributed by atoms with Crippen LogP contribution in [0.25, 0.3) is 5.76 Å². The number of aliphatic hydroxyl groups is 1. The highest BCUT2D eigenvalue weighted by atomic mass is 16.5. The van der Waals surface area contributed by atoms with E-state index in [2.05, 4.69) is 0 Å². The summed E-state index contributed by atoms with van der Waals surface area (Å²) in [5.74, 6) is 0.112. The van der Waals surface area contributed by atoms with Gasteiger partial charge in [0.15, 0.2) is 0 Å². The van der Waals surface area contributed by atoms with Crippen LogP contribution in [0.15, 0.2) is 107 Å². The second-order valence-corrected chi connectivity index (χ2v) is 8.81. The van der Waals surface area contributed by atoms with Gasteiger partial charge in [-0.15, -0.1) is 0 Å². The SMILES string of the molecule is CCOc1ccc(/C(O)=C2\C(=O)C(=O)N(Cc3ccco3)C2c2ccc(OCc3ccccc3)cc2)cc1. The van der Waals surface area contributed by atoms with Crippen LogP contribution in [0.3, 0.4) is 0 Å². The number of Topliss-reactive ketones (excluding diaryl/α,β-unsaturated/α-hetero) is 1. The Kier molecular flexibility index (Phi) is 7.26. The zero-order valence-electron chi connectivity index (χ0n) is 20.9. The molecule has 1 fully saturated rings. The number of hydrogen-bond donors (Lipinski definition) is 1. The first kappa shape index (κ1) is 24.9. The van der Waals surface area contributed by atoms with Gasteiger partial charge in [-0.2, -0.15) is 0 Å². The monoisotopic (exact) mass is 509 g/mol. The maximum absolute atomic E-state index is 13.2. The molecule has 192 valence electrons. The van der Waals surface area contributed by atoms with Crippen molar-refractivity contribution in [1.29, 1.82) is 0 Å². The van der Waals surface area contributed by atoms with E-state index in [4.69, 9.17) is 13.9 Å². The lowest BCUT2D eigenvalue weighted by atomic mass is 9.95. The summed E-state index contributed by atoms with van der Waals surface area (Å²) in [6.07, 6.45) is 1.51. The molecule has 5 rings (SSSR count). The first-order valence-electron chi connectivity index (χ1n) is 12.4. The van der Waals surface area contributed by atoms with Crippen LogP contribution < -0.4 is 9.47 Å². The van der Waals surface area contributed by atoms with E-state index in [1.807, 2.05) is 37.3 Å². The number of ketones is 1. The maximum Gasteiger partial charge on any atom is 0.296 e. The number of benzene rings is 3. The van der Waals surface area contributed by atoms with Gasteiger partial charge in [0.2, 0.25) is 0 Å². The topological polar surface area (TPSA) is 89.2 Å². The summed E-state index contributed by atoms with van der Waals surface area (Å²) in [5.41, 5.74) is 2.13. The molecule has 1 atom stereocenters. The summed E-state index contributed by atoms with van der Waals surface area (Å²) in [7, 11) is 0. The fourth-order valence-electron chi connectivity index (χ4n) is 4.48. The second kappa shape index (κ2) is 11.1. The summed E-state index contributed by atoms with van der Waals surface area (Å²) >= 11 is 0. The van der Waals surface area contributed by atoms with Crippen LogP contribution in [0.2, 0.25) is 0 Å². The van der Waals surface area contributed by atoms with Crippen LogP contribution in [0.1, 0.15) is 35.4 Å². The minimum Gasteiger partial charge on any atom is -0.507 e. The van der Waals surface area contributed by atoms with Gasteiger partial charge in [0.1, 0.15) is 29.6 Å². The minimum absolute atomic E-state index is 0.0173. The molecule has 7 nitrogen and oxygen atoms in total. The number of aliphatic hydroxyl groups excluding tert-OH is 1. The molecule has 0 radical (unpaired) electrons. The van der Waals surface area contributed by atoms with Crippen molar-refractivity contribution in [2.24, 2.45) is 0 Å². The van der Waals surface area contributed by atoms with Gasteiger partial charge in [0.25, 0.3) is 11.7 Å². The summed E-state index contributed by atoms with van der Waals surface area (Å²) in [6, 6.07) is 26.4. The Morgan fingerprint density at radius 1 is 0.868 bits per heavy atom. The normalized spacial score (nSPS) is 16.6. The molecule has 1 aromatic heterocycles. The number of likely N-dealkylation sites (tertiary alicyclic amines) is 1. The fourth-order valence-corrected chi connectivity index (χ4v) is 4.48. The van der Waals surface area contributed by atoms with Gasteiger partial charge in [-0.05, 0) is 66.6 Å². The number of hydrogen-bond acceptors (Lipinski definition) is 6. The lowest BCUT2D eigenvalue weighted by molar-refractivity contribution is -0.140. The summed E-state index contributed by atoms with van der Waals surface area (Å²) in [6.45, 7) is 2.88. The van der Waals surface area contributed by atoms with Crippen molar-refractivity contribution >= 4 is 17.4 Å². The molecule has 0 bridgehead atoms. The van der Waals surface area contributed by atoms with Crippen LogP contribution >= 0.6 is 0 Å². The molecule has 0 spiro atoms. The highest BCUT2D eigenvalue weighted by molar-refractivity contribution is 6.46. The molecule has 4 aromatic rings. The Balaban J connectivity index is 1.49. The van der Waals surface area contributed by atoms with Gasteiger partial charge in [0, 0.05) is 5.56 Å². The largest absolute Gasteiger partial charge is 0.507 e. The van der Waals surface area contributed by atoms with Crippen LogP contribution in [-0.2, 0) is 22.7 Å². The predicted octanol–water partition coefficient (Wildman–Crippen LogP) is 5.88. The van der Waals surface area contributed by atoms with Crippen molar-refractivity contribution in [3.63, 3.8) is 0 Å². The van der Waals surface area contributed by atoms with Crippen molar-refractivity contribution in [3.8, 4) is 11.5 Å². The van der Waals surface area contributed by atoms with Gasteiger partial charge in [-0.25, -0.2) is 0 Å². The highest BCUT2D eigenvalue weighted by Gasteiger charge is 2.46. The third-order valence-corrected chi connectivity index (χ3v) is 6.33. The van der Waals surface area contributed by atoms with Crippen LogP contribution in [-0.4, -0.2) is 28.3 Å². The lowest BCUT2D eigenvalue weighted by Crippen LogP contribution is -2.29. The standard InChI is InChI=1S/C31H27NO6/c1-2-36-24-16-12-23(13-17-24)29(33)27-28(32(31(35)30(27)34)19-26-9-6-18-37-26)22-10-14-25(15-11-22)38-20-21-7-4-3-5-8-21/h3-18,28,33H,2,19-20H2,1H3/b29-27+. The van der Waals surface area contributed by atoms with E-state index in [-0.39, 0.29) is 17.9 Å². The zero-order chi connectivity index (χ0) is 26.5. The first-order chi connectivity index (χ1) is 18.5. The third kappa shape index (κ3) is 5.18.